The Labute approximate surface area is 220 Å². The third kappa shape index (κ3) is 4.38. The number of benzene rings is 4. The number of nitrogens with zero attached hydrogens (tertiary/aromatic N) is 1. The van der Waals surface area contributed by atoms with E-state index in [1.165, 1.54) is 7.11 Å². The van der Waals surface area contributed by atoms with Crippen LogP contribution >= 0.6 is 28.1 Å². The molecule has 9 heteroatoms. The lowest BCUT2D eigenvalue weighted by molar-refractivity contribution is 0.0975. The molecule has 0 bridgehead atoms. The summed E-state index contributed by atoms with van der Waals surface area (Å²) in [6, 6.07) is 20.2. The van der Waals surface area contributed by atoms with Crippen molar-refractivity contribution in [3.63, 3.8) is 0 Å². The summed E-state index contributed by atoms with van der Waals surface area (Å²) in [5.74, 6) is 0.312. The first kappa shape index (κ1) is 23.8. The number of ether oxygens (including phenoxy) is 1. The van der Waals surface area contributed by atoms with Crippen molar-refractivity contribution in [3.8, 4) is 23.0 Å². The van der Waals surface area contributed by atoms with Gasteiger partial charge in [-0.15, -0.1) is 0 Å². The molecule has 7 nitrogen and oxygen atoms in total. The number of nitrogens with one attached hydrogen (secondary N) is 2. The minimum absolute atomic E-state index is 0.0489. The zero-order valence-electron chi connectivity index (χ0n) is 19.3. The van der Waals surface area contributed by atoms with Crippen molar-refractivity contribution in [1.29, 1.82) is 0 Å². The lowest BCUT2D eigenvalue weighted by Gasteiger charge is -2.15. The molecule has 4 aromatic carbocycles. The predicted molar refractivity (Wildman–Crippen MR) is 148 cm³/mol. The van der Waals surface area contributed by atoms with Crippen LogP contribution in [0.4, 0.5) is 5.69 Å². The van der Waals surface area contributed by atoms with Crippen LogP contribution in [-0.4, -0.2) is 28.2 Å². The molecular formula is C27H20BrN3O4S. The fraction of sp³-hybridized carbons (Fsp3) is 0.0741. The number of phenols is 1. The number of halogens is 1. The summed E-state index contributed by atoms with van der Waals surface area (Å²) in [4.78, 5) is 17.6. The Morgan fingerprint density at radius 3 is 2.64 bits per heavy atom. The van der Waals surface area contributed by atoms with Crippen LogP contribution in [0.1, 0.15) is 15.9 Å². The number of anilines is 1. The van der Waals surface area contributed by atoms with Crippen LogP contribution in [0.2, 0.25) is 0 Å². The van der Waals surface area contributed by atoms with Crippen LogP contribution in [-0.2, 0) is 0 Å². The van der Waals surface area contributed by atoms with E-state index in [4.69, 9.17) is 21.4 Å². The van der Waals surface area contributed by atoms with Crippen molar-refractivity contribution >= 4 is 66.7 Å². The number of carbonyl (C=O) groups excluding carboxylic acids is 1. The van der Waals surface area contributed by atoms with Crippen LogP contribution in [0, 0.1) is 6.92 Å². The smallest absolute Gasteiger partial charge is 0.261 e. The Hall–Kier alpha value is -3.95. The second-order valence-corrected chi connectivity index (χ2v) is 9.28. The molecule has 5 rings (SSSR count). The lowest BCUT2D eigenvalue weighted by atomic mass is 10.1. The largest absolute Gasteiger partial charge is 0.507 e. The highest BCUT2D eigenvalue weighted by atomic mass is 79.9. The molecule has 5 aromatic rings. The molecule has 1 aromatic heterocycles. The van der Waals surface area contributed by atoms with Crippen molar-refractivity contribution in [2.45, 2.75) is 6.92 Å². The summed E-state index contributed by atoms with van der Waals surface area (Å²) in [7, 11) is 1.51. The molecule has 0 saturated carbocycles. The Morgan fingerprint density at radius 1 is 1.11 bits per heavy atom. The predicted octanol–water partition coefficient (Wildman–Crippen LogP) is 6.56. The molecule has 36 heavy (non-hydrogen) atoms. The normalized spacial score (nSPS) is 11.0. The molecule has 0 saturated heterocycles. The highest BCUT2D eigenvalue weighted by Gasteiger charge is 2.20. The van der Waals surface area contributed by atoms with E-state index in [1.54, 1.807) is 25.1 Å². The van der Waals surface area contributed by atoms with Gasteiger partial charge in [0.25, 0.3) is 5.91 Å². The number of hydrogen-bond donors (Lipinski definition) is 3. The number of hydrogen-bond acceptors (Lipinski definition) is 6. The summed E-state index contributed by atoms with van der Waals surface area (Å²) in [5.41, 5.74) is 3.18. The second kappa shape index (κ2) is 9.60. The van der Waals surface area contributed by atoms with Gasteiger partial charge in [0.1, 0.15) is 17.0 Å². The first-order valence-electron chi connectivity index (χ1n) is 10.9. The van der Waals surface area contributed by atoms with E-state index in [1.807, 2.05) is 48.5 Å². The summed E-state index contributed by atoms with van der Waals surface area (Å²) in [6.45, 7) is 1.76. The molecule has 0 atom stereocenters. The SMILES string of the molecule is COc1c(C(=O)NC(=S)Nc2cc(C)c(O)c(-c3nc4ccccc4o3)c2)cc2ccccc2c1Br. The van der Waals surface area contributed by atoms with Gasteiger partial charge in [0, 0.05) is 5.69 Å². The fourth-order valence-electron chi connectivity index (χ4n) is 3.99. The molecule has 0 aliphatic rings. The van der Waals surface area contributed by atoms with Crippen LogP contribution in [0.25, 0.3) is 33.3 Å². The summed E-state index contributed by atoms with van der Waals surface area (Å²) >= 11 is 8.96. The fourth-order valence-corrected chi connectivity index (χ4v) is 4.93. The standard InChI is InChI=1S/C27H20BrN3O4S/c1-14-11-16(13-18(23(14)32)26-30-20-9-5-6-10-21(20)35-26)29-27(36)31-25(33)19-12-15-7-3-4-8-17(15)22(28)24(19)34-2/h3-13,32H,1-2H3,(H2,29,31,33,36). The molecule has 0 aliphatic heterocycles. The van der Waals surface area contributed by atoms with Crippen LogP contribution in [0.3, 0.4) is 0 Å². The maximum Gasteiger partial charge on any atom is 0.261 e. The number of methoxy groups -OCH3 is 1. The van der Waals surface area contributed by atoms with Crippen molar-refractivity contribution < 1.29 is 19.1 Å². The summed E-state index contributed by atoms with van der Waals surface area (Å²) in [5, 5.41) is 18.3. The molecule has 3 N–H and O–H groups in total. The highest BCUT2D eigenvalue weighted by molar-refractivity contribution is 9.10. The Morgan fingerprint density at radius 2 is 1.86 bits per heavy atom. The number of amides is 1. The molecule has 0 spiro atoms. The van der Waals surface area contributed by atoms with E-state index in [0.717, 1.165) is 10.8 Å². The van der Waals surface area contributed by atoms with Gasteiger partial charge in [0.05, 0.1) is 22.7 Å². The van der Waals surface area contributed by atoms with Gasteiger partial charge in [-0.25, -0.2) is 4.98 Å². The Balaban J connectivity index is 1.41. The van der Waals surface area contributed by atoms with Crippen LogP contribution in [0.5, 0.6) is 11.5 Å². The van der Waals surface area contributed by atoms with Gasteiger partial charge in [-0.3, -0.25) is 10.1 Å². The third-order valence-electron chi connectivity index (χ3n) is 5.70. The Bertz CT molecular complexity index is 1630. The second-order valence-electron chi connectivity index (χ2n) is 8.08. The van der Waals surface area contributed by atoms with Crippen molar-refractivity contribution in [1.82, 2.24) is 10.3 Å². The monoisotopic (exact) mass is 561 g/mol. The number of aryl methyl sites for hydroxylation is 1. The van der Waals surface area contributed by atoms with Gasteiger partial charge >= 0.3 is 0 Å². The topological polar surface area (TPSA) is 96.6 Å². The molecule has 1 heterocycles. The van der Waals surface area contributed by atoms with Gasteiger partial charge in [-0.1, -0.05) is 36.4 Å². The third-order valence-corrected chi connectivity index (χ3v) is 6.69. The average molecular weight is 562 g/mol. The van der Waals surface area contributed by atoms with Crippen molar-refractivity contribution in [2.24, 2.45) is 0 Å². The van der Waals surface area contributed by atoms with Crippen molar-refractivity contribution in [2.75, 3.05) is 12.4 Å². The van der Waals surface area contributed by atoms with Crippen LogP contribution < -0.4 is 15.4 Å². The zero-order chi connectivity index (χ0) is 25.4. The van der Waals surface area contributed by atoms with Crippen LogP contribution in [0.15, 0.2) is 75.6 Å². The number of carbonyl (C=O) groups is 1. The number of oxazole rings is 1. The maximum absolute atomic E-state index is 13.1. The van der Waals surface area contributed by atoms with Crippen molar-refractivity contribution in [3.05, 3.63) is 82.3 Å². The molecule has 180 valence electrons. The van der Waals surface area contributed by atoms with Gasteiger partial charge in [-0.05, 0) is 81.7 Å². The van der Waals surface area contributed by atoms with E-state index < -0.39 is 5.91 Å². The lowest BCUT2D eigenvalue weighted by Crippen LogP contribution is -2.34. The quantitative estimate of drug-likeness (QED) is 0.169. The molecular weight excluding hydrogens is 542 g/mol. The highest BCUT2D eigenvalue weighted by Crippen LogP contribution is 2.37. The zero-order valence-corrected chi connectivity index (χ0v) is 21.7. The van der Waals surface area contributed by atoms with E-state index in [2.05, 4.69) is 31.5 Å². The number of phenolic OH excluding ortho intramolecular Hbond substituents is 1. The summed E-state index contributed by atoms with van der Waals surface area (Å²) < 4.78 is 12.0. The number of fused-ring (bicyclic) bond motifs is 2. The maximum atomic E-state index is 13.1. The average Bonchev–Trinajstić information content (AvgIpc) is 3.30. The van der Waals surface area contributed by atoms with Gasteiger partial charge in [0.2, 0.25) is 5.89 Å². The first-order valence-corrected chi connectivity index (χ1v) is 12.1. The number of para-hydroxylation sites is 2. The van der Waals surface area contributed by atoms with Gasteiger partial charge in [-0.2, -0.15) is 0 Å². The molecule has 0 fully saturated rings. The van der Waals surface area contributed by atoms with E-state index in [0.29, 0.717) is 43.7 Å². The minimum Gasteiger partial charge on any atom is -0.507 e. The Kier molecular flexibility index (Phi) is 6.34. The molecule has 0 unspecified atom stereocenters. The summed E-state index contributed by atoms with van der Waals surface area (Å²) in [6.07, 6.45) is 0. The van der Waals surface area contributed by atoms with E-state index in [9.17, 15) is 9.90 Å². The minimum atomic E-state index is -0.425. The molecule has 0 radical (unpaired) electrons. The molecule has 0 aliphatic carbocycles. The number of aromatic hydroxyl groups is 1. The number of rotatable bonds is 4. The first-order chi connectivity index (χ1) is 17.4. The van der Waals surface area contributed by atoms with Gasteiger partial charge in [0.15, 0.2) is 10.7 Å². The number of thiocarbonyl (C=S) groups is 1. The number of aromatic nitrogens is 1. The van der Waals surface area contributed by atoms with Gasteiger partial charge < -0.3 is 19.6 Å². The molecule has 1 amide bonds. The van der Waals surface area contributed by atoms with E-state index >= 15 is 0 Å². The van der Waals surface area contributed by atoms with E-state index in [-0.39, 0.29) is 16.8 Å².